The summed E-state index contributed by atoms with van der Waals surface area (Å²) in [7, 11) is 1.52. The van der Waals surface area contributed by atoms with Crippen molar-refractivity contribution in [3.05, 3.63) is 54.3 Å². The van der Waals surface area contributed by atoms with Crippen molar-refractivity contribution >= 4 is 17.5 Å². The lowest BCUT2D eigenvalue weighted by Gasteiger charge is -2.21. The van der Waals surface area contributed by atoms with Crippen LogP contribution in [0.1, 0.15) is 6.92 Å². The number of hydrogen-bond donors (Lipinski definition) is 1. The molecule has 0 unspecified atom stereocenters. The molecule has 0 saturated heterocycles. The molecule has 0 saturated carbocycles. The molecule has 2 rings (SSSR count). The van der Waals surface area contributed by atoms with E-state index in [1.807, 2.05) is 0 Å². The Balaban J connectivity index is 1.82. The molecular formula is C19H21FN2O4. The lowest BCUT2D eigenvalue weighted by Crippen LogP contribution is -2.39. The number of carbonyl (C=O) groups is 2. The molecule has 7 heteroatoms. The first-order chi connectivity index (χ1) is 12.5. The van der Waals surface area contributed by atoms with Crippen LogP contribution in [-0.2, 0) is 9.59 Å². The second-order valence-electron chi connectivity index (χ2n) is 5.44. The zero-order valence-electron chi connectivity index (χ0n) is 14.7. The molecule has 0 atom stereocenters. The molecule has 0 heterocycles. The minimum atomic E-state index is -0.376. The van der Waals surface area contributed by atoms with Gasteiger partial charge in [0.25, 0.3) is 5.91 Å². The first-order valence-electron chi connectivity index (χ1n) is 8.07. The van der Waals surface area contributed by atoms with Gasteiger partial charge in [-0.3, -0.25) is 9.59 Å². The van der Waals surface area contributed by atoms with Gasteiger partial charge in [-0.2, -0.15) is 0 Å². The van der Waals surface area contributed by atoms with Crippen LogP contribution in [0.2, 0.25) is 0 Å². The monoisotopic (exact) mass is 360 g/mol. The Morgan fingerprint density at radius 3 is 2.35 bits per heavy atom. The lowest BCUT2D eigenvalue weighted by atomic mass is 10.2. The Bertz CT molecular complexity index is 749. The summed E-state index contributed by atoms with van der Waals surface area (Å²) in [6.07, 6.45) is 0. The molecule has 0 radical (unpaired) electrons. The normalized spacial score (nSPS) is 10.1. The van der Waals surface area contributed by atoms with Gasteiger partial charge in [0.2, 0.25) is 5.91 Å². The molecule has 2 aromatic carbocycles. The molecule has 0 fully saturated rings. The van der Waals surface area contributed by atoms with Gasteiger partial charge in [-0.05, 0) is 36.4 Å². The zero-order chi connectivity index (χ0) is 18.9. The molecule has 0 spiro atoms. The molecule has 1 N–H and O–H groups in total. The zero-order valence-corrected chi connectivity index (χ0v) is 14.7. The fourth-order valence-corrected chi connectivity index (χ4v) is 2.33. The summed E-state index contributed by atoms with van der Waals surface area (Å²) in [5.74, 6) is 0.120. The Kier molecular flexibility index (Phi) is 6.96. The molecule has 0 aliphatic heterocycles. The summed E-state index contributed by atoms with van der Waals surface area (Å²) < 4.78 is 23.6. The molecule has 2 aromatic rings. The number of amides is 2. The van der Waals surface area contributed by atoms with E-state index in [1.54, 1.807) is 24.3 Å². The molecule has 0 aromatic heterocycles. The van der Waals surface area contributed by atoms with Gasteiger partial charge >= 0.3 is 0 Å². The maximum absolute atomic E-state index is 13.0. The van der Waals surface area contributed by atoms with E-state index in [4.69, 9.17) is 9.47 Å². The van der Waals surface area contributed by atoms with E-state index in [1.165, 1.54) is 43.2 Å². The summed E-state index contributed by atoms with van der Waals surface area (Å²) in [5.41, 5.74) is 0.568. The number of hydrogen-bond acceptors (Lipinski definition) is 4. The van der Waals surface area contributed by atoms with Gasteiger partial charge in [0.1, 0.15) is 5.82 Å². The number of ether oxygens (including phenoxy) is 2. The van der Waals surface area contributed by atoms with Gasteiger partial charge in [-0.1, -0.05) is 12.1 Å². The largest absolute Gasteiger partial charge is 0.493 e. The third-order valence-corrected chi connectivity index (χ3v) is 3.60. The number of rotatable bonds is 8. The van der Waals surface area contributed by atoms with Crippen molar-refractivity contribution in [2.24, 2.45) is 0 Å². The Morgan fingerprint density at radius 1 is 1.08 bits per heavy atom. The Labute approximate surface area is 151 Å². The standard InChI is InChI=1S/C19H21FN2O4/c1-14(23)22(16-9-7-15(20)8-10-16)12-11-21-19(24)13-26-18-6-4-3-5-17(18)25-2/h3-10H,11-13H2,1-2H3,(H,21,24). The molecule has 138 valence electrons. The van der Waals surface area contributed by atoms with Gasteiger partial charge < -0.3 is 19.7 Å². The van der Waals surface area contributed by atoms with Crippen LogP contribution in [0.4, 0.5) is 10.1 Å². The quantitative estimate of drug-likeness (QED) is 0.785. The van der Waals surface area contributed by atoms with Crippen LogP contribution < -0.4 is 19.7 Å². The highest BCUT2D eigenvalue weighted by molar-refractivity contribution is 5.91. The predicted octanol–water partition coefficient (Wildman–Crippen LogP) is 2.38. The minimum Gasteiger partial charge on any atom is -0.493 e. The summed E-state index contributed by atoms with van der Waals surface area (Å²) in [6.45, 7) is 1.75. The number of carbonyl (C=O) groups excluding carboxylic acids is 2. The number of nitrogens with one attached hydrogen (secondary N) is 1. The summed E-state index contributed by atoms with van der Waals surface area (Å²) in [4.78, 5) is 25.1. The van der Waals surface area contributed by atoms with Crippen molar-refractivity contribution < 1.29 is 23.5 Å². The van der Waals surface area contributed by atoms with Crippen molar-refractivity contribution in [1.82, 2.24) is 5.32 Å². The maximum Gasteiger partial charge on any atom is 0.258 e. The van der Waals surface area contributed by atoms with E-state index in [0.29, 0.717) is 17.2 Å². The average Bonchev–Trinajstić information content (AvgIpc) is 2.64. The smallest absolute Gasteiger partial charge is 0.258 e. The summed E-state index contributed by atoms with van der Waals surface area (Å²) in [6, 6.07) is 12.6. The van der Waals surface area contributed by atoms with Gasteiger partial charge in [-0.15, -0.1) is 0 Å². The van der Waals surface area contributed by atoms with E-state index in [0.717, 1.165) is 0 Å². The molecule has 2 amide bonds. The van der Waals surface area contributed by atoms with Crippen molar-refractivity contribution in [1.29, 1.82) is 0 Å². The molecule has 26 heavy (non-hydrogen) atoms. The van der Waals surface area contributed by atoms with Gasteiger partial charge in [0.05, 0.1) is 7.11 Å². The van der Waals surface area contributed by atoms with E-state index in [-0.39, 0.29) is 37.3 Å². The fraction of sp³-hybridized carbons (Fsp3) is 0.263. The average molecular weight is 360 g/mol. The molecular weight excluding hydrogens is 339 g/mol. The number of anilines is 1. The number of halogens is 1. The van der Waals surface area contributed by atoms with Gasteiger partial charge in [-0.25, -0.2) is 4.39 Å². The van der Waals surface area contributed by atoms with Crippen LogP contribution >= 0.6 is 0 Å². The number of nitrogens with zero attached hydrogens (tertiary/aromatic N) is 1. The van der Waals surface area contributed by atoms with E-state index in [9.17, 15) is 14.0 Å². The van der Waals surface area contributed by atoms with E-state index >= 15 is 0 Å². The van der Waals surface area contributed by atoms with Gasteiger partial charge in [0.15, 0.2) is 18.1 Å². The number of para-hydroxylation sites is 2. The predicted molar refractivity (Wildman–Crippen MR) is 95.9 cm³/mol. The van der Waals surface area contributed by atoms with Crippen LogP contribution in [0.5, 0.6) is 11.5 Å². The summed E-state index contributed by atoms with van der Waals surface area (Å²) >= 11 is 0. The van der Waals surface area contributed by atoms with Gasteiger partial charge in [0, 0.05) is 25.7 Å². The molecule has 0 aliphatic carbocycles. The molecule has 6 nitrogen and oxygen atoms in total. The second-order valence-corrected chi connectivity index (χ2v) is 5.44. The van der Waals surface area contributed by atoms with Crippen LogP contribution in [0, 0.1) is 5.82 Å². The summed E-state index contributed by atoms with van der Waals surface area (Å²) in [5, 5.41) is 2.68. The van der Waals surface area contributed by atoms with Crippen molar-refractivity contribution in [2.75, 3.05) is 31.7 Å². The van der Waals surface area contributed by atoms with E-state index in [2.05, 4.69) is 5.32 Å². The highest BCUT2D eigenvalue weighted by Gasteiger charge is 2.12. The SMILES string of the molecule is COc1ccccc1OCC(=O)NCCN(C(C)=O)c1ccc(F)cc1. The molecule has 0 aliphatic rings. The first-order valence-corrected chi connectivity index (χ1v) is 8.07. The highest BCUT2D eigenvalue weighted by atomic mass is 19.1. The first kappa shape index (κ1) is 19.2. The van der Waals surface area contributed by atoms with Crippen LogP contribution in [0.3, 0.4) is 0 Å². The van der Waals surface area contributed by atoms with Crippen molar-refractivity contribution in [3.63, 3.8) is 0 Å². The second kappa shape index (κ2) is 9.41. The topological polar surface area (TPSA) is 67.9 Å². The lowest BCUT2D eigenvalue weighted by molar-refractivity contribution is -0.123. The van der Waals surface area contributed by atoms with Crippen LogP contribution in [0.25, 0.3) is 0 Å². The van der Waals surface area contributed by atoms with Crippen molar-refractivity contribution in [3.8, 4) is 11.5 Å². The third-order valence-electron chi connectivity index (χ3n) is 3.60. The molecule has 0 bridgehead atoms. The Hall–Kier alpha value is -3.09. The number of methoxy groups -OCH3 is 1. The minimum absolute atomic E-state index is 0.170. The highest BCUT2D eigenvalue weighted by Crippen LogP contribution is 2.25. The fourth-order valence-electron chi connectivity index (χ4n) is 2.33. The van der Waals surface area contributed by atoms with Crippen molar-refractivity contribution in [2.45, 2.75) is 6.92 Å². The van der Waals surface area contributed by atoms with Crippen LogP contribution in [-0.4, -0.2) is 38.6 Å². The number of benzene rings is 2. The van der Waals surface area contributed by atoms with E-state index < -0.39 is 0 Å². The third kappa shape index (κ3) is 5.47. The maximum atomic E-state index is 13.0. The Morgan fingerprint density at radius 2 is 1.73 bits per heavy atom. The van der Waals surface area contributed by atoms with Crippen LogP contribution in [0.15, 0.2) is 48.5 Å².